The Bertz CT molecular complexity index is 949. The first-order valence-corrected chi connectivity index (χ1v) is 7.07. The summed E-state index contributed by atoms with van der Waals surface area (Å²) in [5, 5.41) is 11.4. The summed E-state index contributed by atoms with van der Waals surface area (Å²) in [6.07, 6.45) is -1.31. The molecule has 0 aromatic carbocycles. The van der Waals surface area contributed by atoms with Crippen LogP contribution in [0.4, 0.5) is 13.2 Å². The third-order valence-electron chi connectivity index (χ3n) is 3.26. The zero-order chi connectivity index (χ0) is 18.4. The lowest BCUT2D eigenvalue weighted by atomic mass is 10.2. The maximum Gasteiger partial charge on any atom is 0.434 e. The van der Waals surface area contributed by atoms with Gasteiger partial charge in [0.25, 0.3) is 5.91 Å². The molecular formula is C13H9ClF3N7O. The lowest BCUT2D eigenvalue weighted by Gasteiger charge is -2.14. The smallest absolute Gasteiger partial charge is 0.365 e. The highest BCUT2D eigenvalue weighted by Crippen LogP contribution is 2.34. The van der Waals surface area contributed by atoms with E-state index in [2.05, 4.69) is 20.3 Å². The van der Waals surface area contributed by atoms with Crippen LogP contribution in [0, 0.1) is 6.92 Å². The van der Waals surface area contributed by atoms with Gasteiger partial charge in [0.15, 0.2) is 11.5 Å². The Morgan fingerprint density at radius 1 is 1.24 bits per heavy atom. The Labute approximate surface area is 143 Å². The SMILES string of the molecule is Cc1nc(-n2nccn2)c(Cl)cc1-n1ncc(C(N)=O)c1C(F)(F)F. The van der Waals surface area contributed by atoms with E-state index in [1.807, 2.05) is 0 Å². The van der Waals surface area contributed by atoms with Crippen molar-refractivity contribution in [2.45, 2.75) is 13.1 Å². The highest BCUT2D eigenvalue weighted by molar-refractivity contribution is 6.32. The number of nitrogens with zero attached hydrogens (tertiary/aromatic N) is 6. The first-order valence-electron chi connectivity index (χ1n) is 6.69. The second-order valence-corrected chi connectivity index (χ2v) is 5.30. The Morgan fingerprint density at radius 3 is 2.44 bits per heavy atom. The van der Waals surface area contributed by atoms with Crippen LogP contribution >= 0.6 is 11.6 Å². The molecule has 0 saturated carbocycles. The standard InChI is InChI=1S/C13H9ClF3N7O/c1-6-9(4-8(14)12(22-6)24-19-2-3-20-24)23-10(13(15,16)17)7(5-21-23)11(18)25/h2-5H,1H3,(H2,18,25). The average Bonchev–Trinajstić information content (AvgIpc) is 3.16. The van der Waals surface area contributed by atoms with E-state index in [0.717, 1.165) is 11.0 Å². The molecule has 0 radical (unpaired) electrons. The summed E-state index contributed by atoms with van der Waals surface area (Å²) in [4.78, 5) is 16.5. The molecule has 0 unspecified atom stereocenters. The predicted molar refractivity (Wildman–Crippen MR) is 79.5 cm³/mol. The molecule has 0 aliphatic rings. The number of halogens is 4. The van der Waals surface area contributed by atoms with Gasteiger partial charge in [-0.3, -0.25) is 4.79 Å². The van der Waals surface area contributed by atoms with E-state index in [1.165, 1.54) is 25.4 Å². The normalized spacial score (nSPS) is 11.7. The van der Waals surface area contributed by atoms with Gasteiger partial charge in [0, 0.05) is 0 Å². The summed E-state index contributed by atoms with van der Waals surface area (Å²) >= 11 is 6.10. The number of pyridine rings is 1. The molecule has 2 N–H and O–H groups in total. The number of alkyl halides is 3. The molecule has 0 aliphatic carbocycles. The van der Waals surface area contributed by atoms with Crippen molar-refractivity contribution in [1.82, 2.24) is 29.8 Å². The molecule has 0 spiro atoms. The number of hydrogen-bond donors (Lipinski definition) is 1. The molecule has 3 rings (SSSR count). The summed E-state index contributed by atoms with van der Waals surface area (Å²) in [6.45, 7) is 1.46. The zero-order valence-electron chi connectivity index (χ0n) is 12.5. The molecule has 130 valence electrons. The van der Waals surface area contributed by atoms with Crippen molar-refractivity contribution in [1.29, 1.82) is 0 Å². The van der Waals surface area contributed by atoms with Crippen molar-refractivity contribution < 1.29 is 18.0 Å². The highest BCUT2D eigenvalue weighted by atomic mass is 35.5. The number of hydrogen-bond acceptors (Lipinski definition) is 5. The molecule has 3 heterocycles. The highest BCUT2D eigenvalue weighted by Gasteiger charge is 2.40. The van der Waals surface area contributed by atoms with Gasteiger partial charge in [0.2, 0.25) is 0 Å². The lowest BCUT2D eigenvalue weighted by Crippen LogP contribution is -2.21. The number of carbonyl (C=O) groups excluding carboxylic acids is 1. The zero-order valence-corrected chi connectivity index (χ0v) is 13.2. The number of aromatic nitrogens is 6. The molecule has 25 heavy (non-hydrogen) atoms. The Hall–Kier alpha value is -2.95. The summed E-state index contributed by atoms with van der Waals surface area (Å²) in [5.41, 5.74) is 3.07. The minimum absolute atomic E-state index is 0.000972. The predicted octanol–water partition coefficient (Wildman–Crippen LogP) is 1.93. The van der Waals surface area contributed by atoms with Crippen molar-refractivity contribution in [3.8, 4) is 11.5 Å². The van der Waals surface area contributed by atoms with Crippen LogP contribution < -0.4 is 5.73 Å². The van der Waals surface area contributed by atoms with Crippen molar-refractivity contribution >= 4 is 17.5 Å². The quantitative estimate of drug-likeness (QED) is 0.757. The van der Waals surface area contributed by atoms with Crippen molar-refractivity contribution in [3.63, 3.8) is 0 Å². The van der Waals surface area contributed by atoms with Crippen LogP contribution in [0.15, 0.2) is 24.7 Å². The second-order valence-electron chi connectivity index (χ2n) is 4.90. The Morgan fingerprint density at radius 2 is 1.88 bits per heavy atom. The minimum atomic E-state index is -4.86. The average molecular weight is 372 g/mol. The van der Waals surface area contributed by atoms with Crippen molar-refractivity contribution in [2.24, 2.45) is 5.73 Å². The summed E-state index contributed by atoms with van der Waals surface area (Å²) in [7, 11) is 0. The van der Waals surface area contributed by atoms with Crippen LogP contribution in [0.5, 0.6) is 0 Å². The van der Waals surface area contributed by atoms with Crippen LogP contribution in [-0.4, -0.2) is 35.7 Å². The van der Waals surface area contributed by atoms with Crippen LogP contribution in [0.25, 0.3) is 11.5 Å². The third kappa shape index (κ3) is 2.93. The monoisotopic (exact) mass is 371 g/mol. The van der Waals surface area contributed by atoms with Gasteiger partial charge in [-0.25, -0.2) is 9.67 Å². The lowest BCUT2D eigenvalue weighted by molar-refractivity contribution is -0.143. The molecule has 12 heteroatoms. The fourth-order valence-corrected chi connectivity index (χ4v) is 2.44. The number of nitrogens with two attached hydrogens (primary N) is 1. The van der Waals surface area contributed by atoms with Crippen LogP contribution in [0.2, 0.25) is 5.02 Å². The second kappa shape index (κ2) is 5.84. The van der Waals surface area contributed by atoms with Gasteiger partial charge in [-0.15, -0.1) is 4.80 Å². The summed E-state index contributed by atoms with van der Waals surface area (Å²) in [6, 6.07) is 1.23. The van der Waals surface area contributed by atoms with E-state index >= 15 is 0 Å². The first kappa shape index (κ1) is 16.9. The van der Waals surface area contributed by atoms with Crippen LogP contribution in [0.3, 0.4) is 0 Å². The van der Waals surface area contributed by atoms with Gasteiger partial charge in [0.05, 0.1) is 40.6 Å². The van der Waals surface area contributed by atoms with E-state index < -0.39 is 23.3 Å². The molecule has 3 aromatic rings. The number of aryl methyl sites for hydroxylation is 1. The number of primary amides is 1. The summed E-state index contributed by atoms with van der Waals surface area (Å²) in [5.74, 6) is -1.10. The summed E-state index contributed by atoms with van der Waals surface area (Å²) < 4.78 is 40.7. The molecule has 0 bridgehead atoms. The number of carbonyl (C=O) groups is 1. The van der Waals surface area contributed by atoms with Crippen LogP contribution in [-0.2, 0) is 6.18 Å². The molecule has 0 saturated heterocycles. The minimum Gasteiger partial charge on any atom is -0.365 e. The van der Waals surface area contributed by atoms with Crippen molar-refractivity contribution in [3.05, 3.63) is 46.6 Å². The van der Waals surface area contributed by atoms with Gasteiger partial charge < -0.3 is 5.73 Å². The fraction of sp³-hybridized carbons (Fsp3) is 0.154. The third-order valence-corrected chi connectivity index (χ3v) is 3.54. The van der Waals surface area contributed by atoms with E-state index in [-0.39, 0.29) is 22.2 Å². The topological polar surface area (TPSA) is 105 Å². The van der Waals surface area contributed by atoms with Gasteiger partial charge in [-0.05, 0) is 13.0 Å². The molecule has 3 aromatic heterocycles. The van der Waals surface area contributed by atoms with E-state index in [1.54, 1.807) is 0 Å². The molecular weight excluding hydrogens is 363 g/mol. The van der Waals surface area contributed by atoms with Gasteiger partial charge >= 0.3 is 6.18 Å². The first-order chi connectivity index (χ1) is 11.7. The molecule has 8 nitrogen and oxygen atoms in total. The maximum atomic E-state index is 13.4. The number of rotatable bonds is 3. The van der Waals surface area contributed by atoms with Crippen LogP contribution in [0.1, 0.15) is 21.7 Å². The van der Waals surface area contributed by atoms with Gasteiger partial charge in [-0.1, -0.05) is 11.6 Å². The van der Waals surface area contributed by atoms with Gasteiger partial charge in [-0.2, -0.15) is 28.5 Å². The number of amides is 1. The maximum absolute atomic E-state index is 13.4. The molecule has 0 fully saturated rings. The van der Waals surface area contributed by atoms with Gasteiger partial charge in [0.1, 0.15) is 0 Å². The molecule has 0 aliphatic heterocycles. The Kier molecular flexibility index (Phi) is 3.95. The van der Waals surface area contributed by atoms with E-state index in [0.29, 0.717) is 4.68 Å². The Balaban J connectivity index is 2.22. The van der Waals surface area contributed by atoms with E-state index in [9.17, 15) is 18.0 Å². The molecule has 1 amide bonds. The van der Waals surface area contributed by atoms with E-state index in [4.69, 9.17) is 17.3 Å². The van der Waals surface area contributed by atoms with Crippen molar-refractivity contribution in [2.75, 3.05) is 0 Å². The molecule has 0 atom stereocenters. The fourth-order valence-electron chi connectivity index (χ4n) is 2.22. The largest absolute Gasteiger partial charge is 0.434 e.